The van der Waals surface area contributed by atoms with Gasteiger partial charge in [-0.05, 0) is 26.2 Å². The maximum atomic E-state index is 11.2. The lowest BCUT2D eigenvalue weighted by Gasteiger charge is -2.27. The molecule has 0 unspecified atom stereocenters. The van der Waals surface area contributed by atoms with Crippen molar-refractivity contribution >= 4 is 5.82 Å². The largest absolute Gasteiger partial charge is 0.387 e. The van der Waals surface area contributed by atoms with Gasteiger partial charge in [0, 0.05) is 11.8 Å². The second-order valence-corrected chi connectivity index (χ2v) is 6.09. The summed E-state index contributed by atoms with van der Waals surface area (Å²) in [4.78, 5) is 17.2. The smallest absolute Gasteiger partial charge is 0.346 e. The predicted molar refractivity (Wildman–Crippen MR) is 84.3 cm³/mol. The molecule has 1 aliphatic carbocycles. The number of anilines is 1. The third-order valence-electron chi connectivity index (χ3n) is 4.34. The highest BCUT2D eigenvalue weighted by atomic mass is 16.5. The lowest BCUT2D eigenvalue weighted by molar-refractivity contribution is -0.0645. The van der Waals surface area contributed by atoms with E-state index in [0.29, 0.717) is 12.0 Å². The number of hydrogen-bond donors (Lipinski definition) is 4. The van der Waals surface area contributed by atoms with Gasteiger partial charge in [-0.15, -0.1) is 0 Å². The molecule has 1 radical (unpaired) electrons. The molecular weight excluding hydrogens is 298 g/mol. The fraction of sp³-hybridized carbons (Fsp3) is 0.438. The maximum Gasteiger partial charge on any atom is 0.346 e. The van der Waals surface area contributed by atoms with E-state index < -0.39 is 29.6 Å². The Labute approximate surface area is 133 Å². The van der Waals surface area contributed by atoms with Gasteiger partial charge in [-0.2, -0.15) is 4.98 Å². The van der Waals surface area contributed by atoms with Crippen molar-refractivity contribution in [3.8, 4) is 0 Å². The number of aromatic nitrogens is 2. The van der Waals surface area contributed by atoms with E-state index in [9.17, 15) is 15.0 Å². The molecule has 0 aromatic carbocycles. The minimum absolute atomic E-state index is 0.0155. The number of nitrogens with one attached hydrogen (secondary N) is 1. The molecule has 1 fully saturated rings. The van der Waals surface area contributed by atoms with Gasteiger partial charge in [0.2, 0.25) is 0 Å². The van der Waals surface area contributed by atoms with Crippen LogP contribution in [-0.2, 0) is 4.74 Å². The Morgan fingerprint density at radius 1 is 1.57 bits per heavy atom. The van der Waals surface area contributed by atoms with Crippen LogP contribution in [0.5, 0.6) is 0 Å². The Bertz CT molecular complexity index is 708. The Kier molecular flexibility index (Phi) is 4.09. The normalized spacial score (nSPS) is 33.7. The fourth-order valence-electron chi connectivity index (χ4n) is 3.04. The zero-order valence-electron chi connectivity index (χ0n) is 12.8. The van der Waals surface area contributed by atoms with Crippen molar-refractivity contribution in [2.45, 2.75) is 43.7 Å². The van der Waals surface area contributed by atoms with Gasteiger partial charge < -0.3 is 25.7 Å². The molecule has 7 heteroatoms. The van der Waals surface area contributed by atoms with Crippen LogP contribution in [0.25, 0.3) is 0 Å². The van der Waals surface area contributed by atoms with E-state index in [1.807, 2.05) is 24.6 Å². The number of aliphatic hydroxyl groups excluding tert-OH is 1. The van der Waals surface area contributed by atoms with Crippen LogP contribution in [-0.4, -0.2) is 38.0 Å². The number of nitrogens with zero attached hydrogens (tertiary/aromatic N) is 1. The van der Waals surface area contributed by atoms with Crippen LogP contribution in [0.3, 0.4) is 0 Å². The Morgan fingerprint density at radius 3 is 3.00 bits per heavy atom. The van der Waals surface area contributed by atoms with E-state index in [0.717, 1.165) is 12.0 Å². The van der Waals surface area contributed by atoms with Gasteiger partial charge in [0.1, 0.15) is 23.6 Å². The molecule has 0 bridgehead atoms. The molecule has 1 aromatic heterocycles. The minimum Gasteiger partial charge on any atom is -0.387 e. The van der Waals surface area contributed by atoms with Crippen LogP contribution < -0.4 is 11.4 Å². The zero-order valence-corrected chi connectivity index (χ0v) is 12.8. The summed E-state index contributed by atoms with van der Waals surface area (Å²) in [6.45, 7) is 1.49. The first kappa shape index (κ1) is 15.9. The number of ether oxygens (including phenoxy) is 1. The monoisotopic (exact) mass is 318 g/mol. The summed E-state index contributed by atoms with van der Waals surface area (Å²) in [6.07, 6.45) is 8.15. The second kappa shape index (κ2) is 5.92. The number of allylic oxidation sites excluding steroid dienone is 3. The highest BCUT2D eigenvalue weighted by molar-refractivity contribution is 5.41. The molecule has 23 heavy (non-hydrogen) atoms. The number of nitrogen functional groups attached to an aromatic ring is 1. The highest BCUT2D eigenvalue weighted by Gasteiger charge is 2.53. The minimum atomic E-state index is -1.54. The van der Waals surface area contributed by atoms with Crippen molar-refractivity contribution in [2.75, 3.05) is 5.73 Å². The third-order valence-corrected chi connectivity index (χ3v) is 4.34. The van der Waals surface area contributed by atoms with Gasteiger partial charge in [0.15, 0.2) is 0 Å². The van der Waals surface area contributed by atoms with Crippen molar-refractivity contribution in [1.29, 1.82) is 0 Å². The van der Waals surface area contributed by atoms with Crippen molar-refractivity contribution in [1.82, 2.24) is 9.97 Å². The fourth-order valence-corrected chi connectivity index (χ4v) is 3.04. The SMILES string of the molecule is C[C@]1(O)[C@@H](c2c[nH]c(=O)nc2N)O[C@H](CC2=CC=CC[CH]2)[C@H]1O. The van der Waals surface area contributed by atoms with Crippen molar-refractivity contribution in [3.63, 3.8) is 0 Å². The first-order valence-corrected chi connectivity index (χ1v) is 7.49. The number of aromatic amines is 1. The summed E-state index contributed by atoms with van der Waals surface area (Å²) in [6, 6.07) is 0. The van der Waals surface area contributed by atoms with Gasteiger partial charge in [-0.3, -0.25) is 0 Å². The average Bonchev–Trinajstić information content (AvgIpc) is 2.72. The maximum absolute atomic E-state index is 11.2. The van der Waals surface area contributed by atoms with E-state index in [2.05, 4.69) is 9.97 Å². The molecule has 2 aliphatic rings. The average molecular weight is 318 g/mol. The lowest BCUT2D eigenvalue weighted by Crippen LogP contribution is -2.42. The lowest BCUT2D eigenvalue weighted by atomic mass is 9.87. The molecule has 0 saturated carbocycles. The van der Waals surface area contributed by atoms with Crippen LogP contribution in [0.4, 0.5) is 5.82 Å². The summed E-state index contributed by atoms with van der Waals surface area (Å²) in [5.74, 6) is -0.0155. The topological polar surface area (TPSA) is 121 Å². The van der Waals surface area contributed by atoms with Crippen LogP contribution in [0.1, 0.15) is 31.4 Å². The van der Waals surface area contributed by atoms with Crippen LogP contribution >= 0.6 is 0 Å². The number of rotatable bonds is 3. The number of H-pyrrole nitrogens is 1. The van der Waals surface area contributed by atoms with Crippen molar-refractivity contribution in [3.05, 3.63) is 52.5 Å². The second-order valence-electron chi connectivity index (χ2n) is 6.09. The quantitative estimate of drug-likeness (QED) is 0.639. The highest BCUT2D eigenvalue weighted by Crippen LogP contribution is 2.44. The molecule has 7 nitrogen and oxygen atoms in total. The Hall–Kier alpha value is -1.96. The number of nitrogens with two attached hydrogens (primary N) is 1. The summed E-state index contributed by atoms with van der Waals surface area (Å²) in [5, 5.41) is 21.1. The van der Waals surface area contributed by atoms with Gasteiger partial charge in [0.25, 0.3) is 0 Å². The first-order chi connectivity index (χ1) is 10.9. The van der Waals surface area contributed by atoms with Gasteiger partial charge in [0.05, 0.1) is 6.10 Å². The first-order valence-electron chi connectivity index (χ1n) is 7.49. The summed E-state index contributed by atoms with van der Waals surface area (Å²) >= 11 is 0. The molecule has 123 valence electrons. The zero-order chi connectivity index (χ0) is 16.6. The Morgan fingerprint density at radius 2 is 2.35 bits per heavy atom. The van der Waals surface area contributed by atoms with Crippen molar-refractivity contribution in [2.24, 2.45) is 0 Å². The molecule has 0 amide bonds. The van der Waals surface area contributed by atoms with E-state index in [1.165, 1.54) is 13.1 Å². The van der Waals surface area contributed by atoms with E-state index in [1.54, 1.807) is 0 Å². The molecule has 1 aromatic rings. The van der Waals surface area contributed by atoms with E-state index >= 15 is 0 Å². The Balaban J connectivity index is 1.86. The standard InChI is InChI=1S/C16H20N3O4/c1-16(22)12(20)11(7-9-5-3-2-4-6-9)23-13(16)10-8-18-15(21)19-14(10)17/h2-3,5-6,8,11-13,20,22H,4,7H2,1H3,(H3,17,18,19,21)/t11-,12-,13-,16-/m1/s1. The number of hydrogen-bond acceptors (Lipinski definition) is 6. The van der Waals surface area contributed by atoms with Crippen LogP contribution in [0.15, 0.2) is 34.8 Å². The summed E-state index contributed by atoms with van der Waals surface area (Å²) in [7, 11) is 0. The van der Waals surface area contributed by atoms with Crippen LogP contribution in [0, 0.1) is 6.42 Å². The van der Waals surface area contributed by atoms with Gasteiger partial charge >= 0.3 is 5.69 Å². The van der Waals surface area contributed by atoms with E-state index in [-0.39, 0.29) is 5.82 Å². The summed E-state index contributed by atoms with van der Waals surface area (Å²) in [5.41, 5.74) is 5.06. The third kappa shape index (κ3) is 2.95. The molecule has 0 spiro atoms. The molecular formula is C16H20N3O4. The van der Waals surface area contributed by atoms with Crippen molar-refractivity contribution < 1.29 is 14.9 Å². The summed E-state index contributed by atoms with van der Waals surface area (Å²) < 4.78 is 5.87. The predicted octanol–water partition coefficient (Wildman–Crippen LogP) is 0.385. The molecule has 3 rings (SSSR count). The van der Waals surface area contributed by atoms with Gasteiger partial charge in [-0.1, -0.05) is 23.8 Å². The molecule has 1 aliphatic heterocycles. The van der Waals surface area contributed by atoms with Crippen LogP contribution in [0.2, 0.25) is 0 Å². The number of aliphatic hydroxyl groups is 2. The van der Waals surface area contributed by atoms with E-state index in [4.69, 9.17) is 10.5 Å². The van der Waals surface area contributed by atoms with Gasteiger partial charge in [-0.25, -0.2) is 4.79 Å². The molecule has 5 N–H and O–H groups in total. The molecule has 4 atom stereocenters. The molecule has 2 heterocycles. The molecule has 1 saturated heterocycles.